The summed E-state index contributed by atoms with van der Waals surface area (Å²) >= 11 is 0. The Labute approximate surface area is 93.8 Å². The Balaban J connectivity index is 3.12. The number of likely N-dealkylation sites (N-methyl/N-ethyl adjacent to an activating group) is 1. The normalized spacial score (nSPS) is 17.4. The molecule has 0 N–H and O–H groups in total. The molecule has 0 aliphatic rings. The molecule has 1 nitrogen and oxygen atoms in total. The Morgan fingerprint density at radius 2 is 2.14 bits per heavy atom. The molecule has 0 heterocycles. The van der Waals surface area contributed by atoms with Gasteiger partial charge in [-0.15, -0.1) is 6.42 Å². The van der Waals surface area contributed by atoms with Crippen molar-refractivity contribution >= 4 is 0 Å². The molecular weight excluding hydrogens is 170 g/mol. The summed E-state index contributed by atoms with van der Waals surface area (Å²) in [6.07, 6.45) is 5.61. The first-order valence-corrected chi connectivity index (χ1v) is 4.50. The summed E-state index contributed by atoms with van der Waals surface area (Å²) in [5, 5.41) is 0. The molecule has 1 heteroatoms. The lowest BCUT2D eigenvalue weighted by Crippen LogP contribution is -2.31. The molecule has 14 heavy (non-hydrogen) atoms. The van der Waals surface area contributed by atoms with E-state index in [0.29, 0.717) is 18.5 Å². The maximum atomic E-state index is 7.84. The molecule has 0 bridgehead atoms. The van der Waals surface area contributed by atoms with Crippen LogP contribution in [0, 0.1) is 12.3 Å². The molecule has 1 rings (SSSR count). The average molecular weight is 192 g/mol. The summed E-state index contributed by atoms with van der Waals surface area (Å²) in [6.45, 7) is 2.37. The van der Waals surface area contributed by atoms with Gasteiger partial charge in [-0.25, -0.2) is 0 Å². The summed E-state index contributed by atoms with van der Waals surface area (Å²) in [5.74, 6) is 2.52. The van der Waals surface area contributed by atoms with Gasteiger partial charge in [0.25, 0.3) is 0 Å². The number of hydrogen-bond donors (Lipinski definition) is 0. The zero-order valence-corrected chi connectivity index (χ0v) is 8.52. The molecule has 0 radical (unpaired) electrons. The second-order valence-corrected chi connectivity index (χ2v) is 3.28. The van der Waals surface area contributed by atoms with Gasteiger partial charge < -0.3 is 0 Å². The van der Waals surface area contributed by atoms with Crippen molar-refractivity contribution in [2.24, 2.45) is 0 Å². The second-order valence-electron chi connectivity index (χ2n) is 3.28. The smallest absolute Gasteiger partial charge is 0.0626 e. The first kappa shape index (κ1) is 5.58. The summed E-state index contributed by atoms with van der Waals surface area (Å²) < 4.78 is 38.4. The predicted octanol–water partition coefficient (Wildman–Crippen LogP) is 2.18. The summed E-state index contributed by atoms with van der Waals surface area (Å²) in [5.41, 5.74) is 0.336. The van der Waals surface area contributed by atoms with Gasteiger partial charge >= 0.3 is 0 Å². The van der Waals surface area contributed by atoms with Crippen LogP contribution in [-0.2, 0) is 6.42 Å². The Bertz CT molecular complexity index is 492. The van der Waals surface area contributed by atoms with Gasteiger partial charge in [0.2, 0.25) is 0 Å². The van der Waals surface area contributed by atoms with E-state index in [2.05, 4.69) is 5.92 Å². The molecule has 0 aliphatic heterocycles. The zero-order chi connectivity index (χ0) is 14.7. The standard InChI is InChI=1S/C13H17N/c1-4-10-14(3)12(2)11-13-8-6-5-7-9-13/h1,5-9,12H,10-11H2,2-3H3/i5D,6D,7D,8D,9D. The largest absolute Gasteiger partial charge is 0.292 e. The lowest BCUT2D eigenvalue weighted by atomic mass is 10.1. The van der Waals surface area contributed by atoms with Crippen molar-refractivity contribution in [2.75, 3.05) is 13.6 Å². The van der Waals surface area contributed by atoms with Crippen LogP contribution in [0.25, 0.3) is 0 Å². The lowest BCUT2D eigenvalue weighted by Gasteiger charge is -2.22. The third-order valence-electron chi connectivity index (χ3n) is 2.14. The SMILES string of the molecule is [2H]c1c([2H])c([2H])c(CC(C)N(C)CC#C)c([2H])c1[2H]. The van der Waals surface area contributed by atoms with Gasteiger partial charge in [-0.2, -0.15) is 0 Å². The van der Waals surface area contributed by atoms with E-state index in [-0.39, 0.29) is 36.3 Å². The molecule has 0 aliphatic carbocycles. The fraction of sp³-hybridized carbons (Fsp3) is 0.385. The van der Waals surface area contributed by atoms with Crippen LogP contribution in [0.4, 0.5) is 0 Å². The molecular formula is C13H17N. The maximum absolute atomic E-state index is 7.84. The third kappa shape index (κ3) is 3.24. The lowest BCUT2D eigenvalue weighted by molar-refractivity contribution is 0.287. The number of rotatable bonds is 4. The summed E-state index contributed by atoms with van der Waals surface area (Å²) in [7, 11) is 1.85. The van der Waals surface area contributed by atoms with Gasteiger partial charge in [0, 0.05) is 6.04 Å². The van der Waals surface area contributed by atoms with E-state index >= 15 is 0 Å². The van der Waals surface area contributed by atoms with E-state index < -0.39 is 0 Å². The molecule has 0 fully saturated rings. The third-order valence-corrected chi connectivity index (χ3v) is 2.14. The Hall–Kier alpha value is -1.26. The van der Waals surface area contributed by atoms with Gasteiger partial charge in [0.15, 0.2) is 0 Å². The molecule has 0 aromatic heterocycles. The van der Waals surface area contributed by atoms with Gasteiger partial charge in [-0.3, -0.25) is 4.90 Å². The summed E-state index contributed by atoms with van der Waals surface area (Å²) in [6, 6.07) is -1.20. The van der Waals surface area contributed by atoms with Crippen molar-refractivity contribution in [2.45, 2.75) is 19.4 Å². The molecule has 1 unspecified atom stereocenters. The Kier molecular flexibility index (Phi) is 2.18. The number of benzene rings is 1. The van der Waals surface area contributed by atoms with Crippen molar-refractivity contribution in [1.29, 1.82) is 0 Å². The average Bonchev–Trinajstić information content (AvgIpc) is 2.39. The molecule has 0 spiro atoms. The summed E-state index contributed by atoms with van der Waals surface area (Å²) in [4.78, 5) is 1.90. The van der Waals surface area contributed by atoms with E-state index in [4.69, 9.17) is 13.3 Å². The van der Waals surface area contributed by atoms with E-state index in [1.54, 1.807) is 0 Å². The van der Waals surface area contributed by atoms with Crippen LogP contribution in [0.2, 0.25) is 0 Å². The molecule has 0 saturated heterocycles. The monoisotopic (exact) mass is 192 g/mol. The fourth-order valence-electron chi connectivity index (χ4n) is 1.13. The first-order valence-electron chi connectivity index (χ1n) is 7.00. The van der Waals surface area contributed by atoms with Crippen molar-refractivity contribution in [1.82, 2.24) is 4.90 Å². The second kappa shape index (κ2) is 5.47. The van der Waals surface area contributed by atoms with E-state index in [9.17, 15) is 0 Å². The van der Waals surface area contributed by atoms with Crippen LogP contribution in [-0.4, -0.2) is 24.5 Å². The molecule has 1 aromatic rings. The fourth-order valence-corrected chi connectivity index (χ4v) is 1.13. The molecule has 74 valence electrons. The van der Waals surface area contributed by atoms with Crippen LogP contribution in [0.5, 0.6) is 0 Å². The van der Waals surface area contributed by atoms with Crippen LogP contribution in [0.15, 0.2) is 30.2 Å². The predicted molar refractivity (Wildman–Crippen MR) is 61.1 cm³/mol. The van der Waals surface area contributed by atoms with Gasteiger partial charge in [0.1, 0.15) is 0 Å². The molecule has 1 atom stereocenters. The van der Waals surface area contributed by atoms with Gasteiger partial charge in [-0.05, 0) is 26.0 Å². The highest BCUT2D eigenvalue weighted by Crippen LogP contribution is 2.06. The minimum atomic E-state index is -0.358. The highest BCUT2D eigenvalue weighted by atomic mass is 15.1. The Morgan fingerprint density at radius 3 is 2.71 bits per heavy atom. The highest BCUT2D eigenvalue weighted by molar-refractivity contribution is 5.15. The zero-order valence-electron chi connectivity index (χ0n) is 13.5. The van der Waals surface area contributed by atoms with Gasteiger partial charge in [-0.1, -0.05) is 36.1 Å². The molecule has 0 saturated carbocycles. The van der Waals surface area contributed by atoms with E-state index in [1.807, 2.05) is 18.9 Å². The van der Waals surface area contributed by atoms with Crippen LogP contribution in [0.1, 0.15) is 19.3 Å². The van der Waals surface area contributed by atoms with Crippen LogP contribution in [0.3, 0.4) is 0 Å². The van der Waals surface area contributed by atoms with Crippen molar-refractivity contribution < 1.29 is 6.85 Å². The van der Waals surface area contributed by atoms with Crippen LogP contribution >= 0.6 is 0 Å². The van der Waals surface area contributed by atoms with Crippen molar-refractivity contribution in [3.63, 3.8) is 0 Å². The highest BCUT2D eigenvalue weighted by Gasteiger charge is 2.07. The Morgan fingerprint density at radius 1 is 1.50 bits per heavy atom. The number of terminal acetylenes is 1. The molecule has 1 aromatic carbocycles. The van der Waals surface area contributed by atoms with E-state index in [1.165, 1.54) is 0 Å². The van der Waals surface area contributed by atoms with Gasteiger partial charge in [0.05, 0.1) is 13.4 Å². The topological polar surface area (TPSA) is 3.24 Å². The molecule has 0 amide bonds. The van der Waals surface area contributed by atoms with Crippen LogP contribution < -0.4 is 0 Å². The number of nitrogens with zero attached hydrogens (tertiary/aromatic N) is 1. The first-order chi connectivity index (χ1) is 8.81. The van der Waals surface area contributed by atoms with Crippen molar-refractivity contribution in [3.8, 4) is 12.3 Å². The minimum Gasteiger partial charge on any atom is -0.292 e. The maximum Gasteiger partial charge on any atom is 0.0626 e. The quantitative estimate of drug-likeness (QED) is 0.661. The minimum absolute atomic E-state index is 0.000339. The van der Waals surface area contributed by atoms with Crippen molar-refractivity contribution in [3.05, 3.63) is 35.8 Å². The van der Waals surface area contributed by atoms with E-state index in [0.717, 1.165) is 0 Å². The number of hydrogen-bond acceptors (Lipinski definition) is 1.